The maximum absolute atomic E-state index is 5.04. The molecule has 0 saturated heterocycles. The van der Waals surface area contributed by atoms with Gasteiger partial charge in [-0.05, 0) is 0 Å². The molecule has 0 unspecified atom stereocenters. The summed E-state index contributed by atoms with van der Waals surface area (Å²) in [6, 6.07) is 0. The Bertz CT molecular complexity index is 246. The van der Waals surface area contributed by atoms with Crippen LogP contribution in [0.1, 0.15) is 5.82 Å². The SMILES string of the molecule is COCCn1cc[n+](CCOC)c1C. The van der Waals surface area contributed by atoms with Crippen molar-refractivity contribution in [2.75, 3.05) is 27.4 Å². The number of hydrogen-bond donors (Lipinski definition) is 0. The molecule has 1 heterocycles. The highest BCUT2D eigenvalue weighted by atomic mass is 16.5. The normalized spacial score (nSPS) is 10.8. The van der Waals surface area contributed by atoms with Crippen LogP contribution in [0.2, 0.25) is 0 Å². The first-order chi connectivity index (χ1) is 6.79. The van der Waals surface area contributed by atoms with Gasteiger partial charge in [0.05, 0.1) is 13.2 Å². The standard InChI is InChI=1S/C10H19N2O2/c1-10-11(6-8-13-2)4-5-12(10)7-9-14-3/h4-5H,6-9H2,1-3H3/q+1. The zero-order chi connectivity index (χ0) is 10.4. The summed E-state index contributed by atoms with van der Waals surface area (Å²) in [5, 5.41) is 0. The molecule has 14 heavy (non-hydrogen) atoms. The zero-order valence-corrected chi connectivity index (χ0v) is 9.19. The molecule has 4 heteroatoms. The van der Waals surface area contributed by atoms with Crippen molar-refractivity contribution in [1.82, 2.24) is 4.57 Å². The monoisotopic (exact) mass is 199 g/mol. The molecule has 0 amide bonds. The molecule has 1 aromatic heterocycles. The molecule has 0 aromatic carbocycles. The molecule has 0 aliphatic heterocycles. The smallest absolute Gasteiger partial charge is 0.253 e. The molecule has 0 bridgehead atoms. The summed E-state index contributed by atoms with van der Waals surface area (Å²) in [6.45, 7) is 5.41. The summed E-state index contributed by atoms with van der Waals surface area (Å²) in [6.07, 6.45) is 4.15. The van der Waals surface area contributed by atoms with Crippen molar-refractivity contribution in [1.29, 1.82) is 0 Å². The van der Waals surface area contributed by atoms with Crippen LogP contribution in [-0.4, -0.2) is 32.0 Å². The van der Waals surface area contributed by atoms with Crippen LogP contribution in [0.15, 0.2) is 12.4 Å². The van der Waals surface area contributed by atoms with E-state index in [-0.39, 0.29) is 0 Å². The van der Waals surface area contributed by atoms with E-state index in [1.165, 1.54) is 5.82 Å². The first-order valence-corrected chi connectivity index (χ1v) is 4.82. The predicted octanol–water partition coefficient (Wildman–Crippen LogP) is 0.377. The highest BCUT2D eigenvalue weighted by Crippen LogP contribution is 1.93. The van der Waals surface area contributed by atoms with Crippen LogP contribution in [0.3, 0.4) is 0 Å². The van der Waals surface area contributed by atoms with Crippen molar-refractivity contribution in [3.05, 3.63) is 18.2 Å². The van der Waals surface area contributed by atoms with E-state index in [2.05, 4.69) is 28.5 Å². The Hall–Kier alpha value is -0.870. The van der Waals surface area contributed by atoms with Crippen LogP contribution >= 0.6 is 0 Å². The Kier molecular flexibility index (Phi) is 4.62. The van der Waals surface area contributed by atoms with Gasteiger partial charge in [-0.2, -0.15) is 0 Å². The minimum atomic E-state index is 0.750. The van der Waals surface area contributed by atoms with Gasteiger partial charge in [0, 0.05) is 21.1 Å². The second kappa shape index (κ2) is 5.78. The summed E-state index contributed by atoms with van der Waals surface area (Å²) in [5.41, 5.74) is 0. The minimum absolute atomic E-state index is 0.750. The van der Waals surface area contributed by atoms with E-state index in [4.69, 9.17) is 9.47 Å². The lowest BCUT2D eigenvalue weighted by Gasteiger charge is -2.00. The van der Waals surface area contributed by atoms with Crippen LogP contribution in [0, 0.1) is 6.92 Å². The van der Waals surface area contributed by atoms with Gasteiger partial charge in [-0.1, -0.05) is 0 Å². The fourth-order valence-electron chi connectivity index (χ4n) is 1.39. The average molecular weight is 199 g/mol. The molecule has 1 aromatic rings. The van der Waals surface area contributed by atoms with Crippen molar-refractivity contribution in [3.63, 3.8) is 0 Å². The van der Waals surface area contributed by atoms with E-state index in [0.29, 0.717) is 0 Å². The maximum Gasteiger partial charge on any atom is 0.253 e. The van der Waals surface area contributed by atoms with Gasteiger partial charge in [-0.25, -0.2) is 9.13 Å². The van der Waals surface area contributed by atoms with Crippen LogP contribution in [-0.2, 0) is 22.6 Å². The Morgan fingerprint density at radius 2 is 2.00 bits per heavy atom. The van der Waals surface area contributed by atoms with Gasteiger partial charge in [0.15, 0.2) is 0 Å². The van der Waals surface area contributed by atoms with Crippen molar-refractivity contribution >= 4 is 0 Å². The minimum Gasteiger partial charge on any atom is -0.381 e. The van der Waals surface area contributed by atoms with Crippen molar-refractivity contribution in [2.24, 2.45) is 0 Å². The van der Waals surface area contributed by atoms with E-state index in [1.807, 2.05) is 0 Å². The third-order valence-corrected chi connectivity index (χ3v) is 2.33. The molecule has 0 N–H and O–H groups in total. The van der Waals surface area contributed by atoms with E-state index >= 15 is 0 Å². The molecule has 1 rings (SSSR count). The molecule has 0 fully saturated rings. The Morgan fingerprint density at radius 1 is 1.29 bits per heavy atom. The average Bonchev–Trinajstić information content (AvgIpc) is 2.54. The second-order valence-electron chi connectivity index (χ2n) is 3.22. The Labute approximate surface area is 85.1 Å². The quantitative estimate of drug-likeness (QED) is 0.619. The van der Waals surface area contributed by atoms with Gasteiger partial charge in [0.25, 0.3) is 5.82 Å². The first-order valence-electron chi connectivity index (χ1n) is 4.82. The lowest BCUT2D eigenvalue weighted by atomic mass is 10.5. The third kappa shape index (κ3) is 2.82. The van der Waals surface area contributed by atoms with Gasteiger partial charge in [-0.15, -0.1) is 0 Å². The van der Waals surface area contributed by atoms with Gasteiger partial charge in [-0.3, -0.25) is 0 Å². The van der Waals surface area contributed by atoms with Crippen molar-refractivity contribution in [3.8, 4) is 0 Å². The molecule has 0 spiro atoms. The number of methoxy groups -OCH3 is 2. The summed E-state index contributed by atoms with van der Waals surface area (Å²) in [4.78, 5) is 0. The van der Waals surface area contributed by atoms with Gasteiger partial charge in [0.1, 0.15) is 25.5 Å². The van der Waals surface area contributed by atoms with Gasteiger partial charge >= 0.3 is 0 Å². The van der Waals surface area contributed by atoms with E-state index in [0.717, 1.165) is 26.3 Å². The number of imidazole rings is 1. The molecule has 0 radical (unpaired) electrons. The fourth-order valence-corrected chi connectivity index (χ4v) is 1.39. The summed E-state index contributed by atoms with van der Waals surface area (Å²) in [7, 11) is 3.44. The van der Waals surface area contributed by atoms with Crippen LogP contribution < -0.4 is 4.57 Å². The lowest BCUT2D eigenvalue weighted by Crippen LogP contribution is -2.37. The zero-order valence-electron chi connectivity index (χ0n) is 9.19. The first kappa shape index (κ1) is 11.2. The topological polar surface area (TPSA) is 27.3 Å². The van der Waals surface area contributed by atoms with E-state index in [9.17, 15) is 0 Å². The molecule has 0 saturated carbocycles. The molecule has 80 valence electrons. The number of rotatable bonds is 6. The fraction of sp³-hybridized carbons (Fsp3) is 0.700. The van der Waals surface area contributed by atoms with E-state index in [1.54, 1.807) is 14.2 Å². The number of ether oxygens (including phenoxy) is 2. The van der Waals surface area contributed by atoms with Gasteiger partial charge in [0.2, 0.25) is 0 Å². The third-order valence-electron chi connectivity index (χ3n) is 2.33. The largest absolute Gasteiger partial charge is 0.381 e. The molecular weight excluding hydrogens is 180 g/mol. The number of hydrogen-bond acceptors (Lipinski definition) is 2. The van der Waals surface area contributed by atoms with Crippen molar-refractivity contribution < 1.29 is 14.0 Å². The van der Waals surface area contributed by atoms with Crippen LogP contribution in [0.25, 0.3) is 0 Å². The van der Waals surface area contributed by atoms with Crippen LogP contribution in [0.4, 0.5) is 0 Å². The summed E-state index contributed by atoms with van der Waals surface area (Å²) in [5.74, 6) is 1.24. The molecule has 0 atom stereocenters. The molecule has 0 aliphatic rings. The molecule has 0 aliphatic carbocycles. The predicted molar refractivity (Wildman–Crippen MR) is 53.1 cm³/mol. The Morgan fingerprint density at radius 3 is 2.64 bits per heavy atom. The van der Waals surface area contributed by atoms with Crippen LogP contribution in [0.5, 0.6) is 0 Å². The number of nitrogens with zero attached hydrogens (tertiary/aromatic N) is 2. The lowest BCUT2D eigenvalue weighted by molar-refractivity contribution is -0.703. The maximum atomic E-state index is 5.04. The van der Waals surface area contributed by atoms with Gasteiger partial charge < -0.3 is 9.47 Å². The summed E-state index contributed by atoms with van der Waals surface area (Å²) >= 11 is 0. The highest BCUT2D eigenvalue weighted by molar-refractivity contribution is 4.79. The molecule has 4 nitrogen and oxygen atoms in total. The number of aromatic nitrogens is 2. The Balaban J connectivity index is 2.55. The van der Waals surface area contributed by atoms with E-state index < -0.39 is 0 Å². The molecular formula is C10H19N2O2+. The second-order valence-corrected chi connectivity index (χ2v) is 3.22. The highest BCUT2D eigenvalue weighted by Gasteiger charge is 2.10. The summed E-state index contributed by atoms with van der Waals surface area (Å²) < 4.78 is 14.4. The van der Waals surface area contributed by atoms with Crippen molar-refractivity contribution in [2.45, 2.75) is 20.0 Å².